The maximum absolute atomic E-state index is 11.9. The smallest absolute Gasteiger partial charge is 0.227 e. The van der Waals surface area contributed by atoms with Crippen LogP contribution in [0.15, 0.2) is 24.3 Å². The van der Waals surface area contributed by atoms with Gasteiger partial charge in [0.15, 0.2) is 0 Å². The van der Waals surface area contributed by atoms with Crippen molar-refractivity contribution in [2.24, 2.45) is 11.8 Å². The van der Waals surface area contributed by atoms with E-state index in [0.29, 0.717) is 5.92 Å². The summed E-state index contributed by atoms with van der Waals surface area (Å²) >= 11 is 0. The molecule has 0 radical (unpaired) electrons. The standard InChI is InChI=1S/C13H18N2O2.ClH/c1-9(10-7-14-8-10)13(16)15-11-3-5-12(17-2)6-4-11;/h3-6,9-10,14H,7-8H2,1-2H3,(H,15,16);1H. The molecule has 0 saturated carbocycles. The molecule has 1 unspecified atom stereocenters. The number of rotatable bonds is 4. The minimum absolute atomic E-state index is 0. The normalized spacial score (nSPS) is 16.1. The first-order chi connectivity index (χ1) is 8.20. The minimum atomic E-state index is 0. The van der Waals surface area contributed by atoms with Crippen molar-refractivity contribution in [3.63, 3.8) is 0 Å². The predicted octanol–water partition coefficient (Wildman–Crippen LogP) is 1.91. The molecule has 2 rings (SSSR count). The molecular weight excluding hydrogens is 252 g/mol. The average molecular weight is 271 g/mol. The summed E-state index contributed by atoms with van der Waals surface area (Å²) in [6.07, 6.45) is 0. The summed E-state index contributed by atoms with van der Waals surface area (Å²) in [5, 5.41) is 6.10. The van der Waals surface area contributed by atoms with Crippen LogP contribution in [0.5, 0.6) is 5.75 Å². The highest BCUT2D eigenvalue weighted by Gasteiger charge is 2.28. The van der Waals surface area contributed by atoms with Crippen LogP contribution in [-0.2, 0) is 4.79 Å². The third-order valence-corrected chi connectivity index (χ3v) is 3.29. The van der Waals surface area contributed by atoms with Crippen molar-refractivity contribution < 1.29 is 9.53 Å². The van der Waals surface area contributed by atoms with Crippen molar-refractivity contribution in [2.45, 2.75) is 6.92 Å². The van der Waals surface area contributed by atoms with Gasteiger partial charge in [0, 0.05) is 11.6 Å². The highest BCUT2D eigenvalue weighted by molar-refractivity contribution is 5.92. The van der Waals surface area contributed by atoms with Gasteiger partial charge in [-0.1, -0.05) is 6.92 Å². The molecule has 1 heterocycles. The van der Waals surface area contributed by atoms with Gasteiger partial charge in [0.25, 0.3) is 0 Å². The van der Waals surface area contributed by atoms with Crippen molar-refractivity contribution in [3.8, 4) is 5.75 Å². The Bertz CT molecular complexity index is 390. The van der Waals surface area contributed by atoms with Crippen molar-refractivity contribution in [3.05, 3.63) is 24.3 Å². The van der Waals surface area contributed by atoms with Gasteiger partial charge in [0.05, 0.1) is 7.11 Å². The van der Waals surface area contributed by atoms with Gasteiger partial charge in [0.2, 0.25) is 5.91 Å². The van der Waals surface area contributed by atoms with E-state index >= 15 is 0 Å². The van der Waals surface area contributed by atoms with Gasteiger partial charge >= 0.3 is 0 Å². The maximum Gasteiger partial charge on any atom is 0.227 e. The molecule has 0 aliphatic carbocycles. The second-order valence-electron chi connectivity index (χ2n) is 4.42. The molecule has 1 atom stereocenters. The first-order valence-corrected chi connectivity index (χ1v) is 5.86. The Labute approximate surface area is 114 Å². The number of methoxy groups -OCH3 is 1. The number of hydrogen-bond acceptors (Lipinski definition) is 3. The lowest BCUT2D eigenvalue weighted by atomic mass is 9.88. The van der Waals surface area contributed by atoms with E-state index in [2.05, 4.69) is 10.6 Å². The first-order valence-electron chi connectivity index (χ1n) is 5.86. The molecule has 5 heteroatoms. The molecular formula is C13H19ClN2O2. The van der Waals surface area contributed by atoms with E-state index in [1.54, 1.807) is 7.11 Å². The Kier molecular flexibility index (Phi) is 5.44. The molecule has 0 spiro atoms. The van der Waals surface area contributed by atoms with Crippen LogP contribution in [0.25, 0.3) is 0 Å². The zero-order chi connectivity index (χ0) is 12.3. The van der Waals surface area contributed by atoms with Crippen LogP contribution in [0.4, 0.5) is 5.69 Å². The SMILES string of the molecule is COc1ccc(NC(=O)C(C)C2CNC2)cc1.Cl. The molecule has 0 bridgehead atoms. The minimum Gasteiger partial charge on any atom is -0.497 e. The number of carbonyl (C=O) groups is 1. The van der Waals surface area contributed by atoms with E-state index in [1.165, 1.54) is 0 Å². The third-order valence-electron chi connectivity index (χ3n) is 3.29. The van der Waals surface area contributed by atoms with Gasteiger partial charge < -0.3 is 15.4 Å². The average Bonchev–Trinajstić information content (AvgIpc) is 2.27. The molecule has 18 heavy (non-hydrogen) atoms. The summed E-state index contributed by atoms with van der Waals surface area (Å²) in [4.78, 5) is 11.9. The maximum atomic E-state index is 11.9. The lowest BCUT2D eigenvalue weighted by Crippen LogP contribution is -2.48. The van der Waals surface area contributed by atoms with E-state index < -0.39 is 0 Å². The Morgan fingerprint density at radius 3 is 2.44 bits per heavy atom. The third kappa shape index (κ3) is 3.37. The van der Waals surface area contributed by atoms with Crippen LogP contribution in [0, 0.1) is 11.8 Å². The van der Waals surface area contributed by atoms with Crippen molar-refractivity contribution >= 4 is 24.0 Å². The molecule has 1 aromatic carbocycles. The summed E-state index contributed by atoms with van der Waals surface area (Å²) in [5.74, 6) is 1.40. The van der Waals surface area contributed by atoms with Gasteiger partial charge in [-0.15, -0.1) is 12.4 Å². The zero-order valence-electron chi connectivity index (χ0n) is 10.6. The topological polar surface area (TPSA) is 50.4 Å². The monoisotopic (exact) mass is 270 g/mol. The fourth-order valence-electron chi connectivity index (χ4n) is 1.81. The van der Waals surface area contributed by atoms with Crippen molar-refractivity contribution in [2.75, 3.05) is 25.5 Å². The van der Waals surface area contributed by atoms with Crippen LogP contribution in [0.3, 0.4) is 0 Å². The molecule has 1 aromatic rings. The molecule has 1 aliphatic rings. The second-order valence-corrected chi connectivity index (χ2v) is 4.42. The fourth-order valence-corrected chi connectivity index (χ4v) is 1.81. The van der Waals surface area contributed by atoms with Gasteiger partial charge in [-0.3, -0.25) is 4.79 Å². The number of ether oxygens (including phenoxy) is 1. The molecule has 2 N–H and O–H groups in total. The molecule has 100 valence electrons. The van der Waals surface area contributed by atoms with E-state index in [0.717, 1.165) is 24.5 Å². The molecule has 1 fully saturated rings. The molecule has 1 aliphatic heterocycles. The molecule has 0 aromatic heterocycles. The lowest BCUT2D eigenvalue weighted by Gasteiger charge is -2.31. The summed E-state index contributed by atoms with van der Waals surface area (Å²) < 4.78 is 5.07. The quantitative estimate of drug-likeness (QED) is 0.879. The van der Waals surface area contributed by atoms with Crippen LogP contribution in [0.2, 0.25) is 0 Å². The Balaban J connectivity index is 0.00000162. The Morgan fingerprint density at radius 2 is 2.00 bits per heavy atom. The number of hydrogen-bond donors (Lipinski definition) is 2. The van der Waals surface area contributed by atoms with Crippen molar-refractivity contribution in [1.29, 1.82) is 0 Å². The molecule has 1 amide bonds. The van der Waals surface area contributed by atoms with E-state index in [1.807, 2.05) is 31.2 Å². The van der Waals surface area contributed by atoms with Crippen LogP contribution in [0.1, 0.15) is 6.92 Å². The number of halogens is 1. The van der Waals surface area contributed by atoms with Crippen LogP contribution >= 0.6 is 12.4 Å². The van der Waals surface area contributed by atoms with Gasteiger partial charge in [-0.25, -0.2) is 0 Å². The Morgan fingerprint density at radius 1 is 1.39 bits per heavy atom. The van der Waals surface area contributed by atoms with E-state index in [9.17, 15) is 4.79 Å². The predicted molar refractivity (Wildman–Crippen MR) is 74.4 cm³/mol. The highest BCUT2D eigenvalue weighted by atomic mass is 35.5. The molecule has 1 saturated heterocycles. The van der Waals surface area contributed by atoms with Crippen molar-refractivity contribution in [1.82, 2.24) is 5.32 Å². The number of anilines is 1. The number of benzene rings is 1. The fraction of sp³-hybridized carbons (Fsp3) is 0.462. The van der Waals surface area contributed by atoms with Gasteiger partial charge in [-0.2, -0.15) is 0 Å². The summed E-state index contributed by atoms with van der Waals surface area (Å²) in [7, 11) is 1.62. The number of nitrogens with one attached hydrogen (secondary N) is 2. The van der Waals surface area contributed by atoms with Crippen LogP contribution in [-0.4, -0.2) is 26.1 Å². The van der Waals surface area contributed by atoms with Gasteiger partial charge in [0.1, 0.15) is 5.75 Å². The van der Waals surface area contributed by atoms with E-state index in [4.69, 9.17) is 4.74 Å². The second kappa shape index (κ2) is 6.61. The van der Waals surface area contributed by atoms with Crippen LogP contribution < -0.4 is 15.4 Å². The lowest BCUT2D eigenvalue weighted by molar-refractivity contribution is -0.121. The van der Waals surface area contributed by atoms with E-state index in [-0.39, 0.29) is 24.2 Å². The van der Waals surface area contributed by atoms with Gasteiger partial charge in [-0.05, 0) is 43.3 Å². The highest BCUT2D eigenvalue weighted by Crippen LogP contribution is 2.19. The Hall–Kier alpha value is -1.26. The summed E-state index contributed by atoms with van der Waals surface area (Å²) in [5.41, 5.74) is 0.815. The largest absolute Gasteiger partial charge is 0.497 e. The molecule has 4 nitrogen and oxygen atoms in total. The number of amides is 1. The number of carbonyl (C=O) groups excluding carboxylic acids is 1. The summed E-state index contributed by atoms with van der Waals surface area (Å²) in [6, 6.07) is 7.38. The zero-order valence-corrected chi connectivity index (χ0v) is 11.4. The first kappa shape index (κ1) is 14.8. The summed E-state index contributed by atoms with van der Waals surface area (Å²) in [6.45, 7) is 3.86.